The highest BCUT2D eigenvalue weighted by atomic mass is 16.3. The van der Waals surface area contributed by atoms with Crippen LogP contribution in [-0.2, 0) is 32.5 Å². The van der Waals surface area contributed by atoms with Crippen molar-refractivity contribution in [2.24, 2.45) is 0 Å². The summed E-state index contributed by atoms with van der Waals surface area (Å²) < 4.78 is 20.2. The van der Waals surface area contributed by atoms with E-state index in [-0.39, 0.29) is 32.5 Å². The molecule has 0 spiro atoms. The molecule has 0 amide bonds. The third kappa shape index (κ3) is 12.2. The molecule has 0 aliphatic heterocycles. The Morgan fingerprint density at radius 3 is 1.30 bits per heavy atom. The van der Waals surface area contributed by atoms with Crippen LogP contribution in [0.3, 0.4) is 0 Å². The quantitative estimate of drug-likeness (QED) is 0.160. The Hall–Kier alpha value is -15.8. The fourth-order valence-electron chi connectivity index (χ4n) is 22.7. The second-order valence-electron chi connectivity index (χ2n) is 40.2. The molecule has 0 N–H and O–H groups in total. The third-order valence-electron chi connectivity index (χ3n) is 31.8. The van der Waals surface area contributed by atoms with Crippen molar-refractivity contribution in [3.63, 3.8) is 0 Å². The van der Waals surface area contributed by atoms with Gasteiger partial charge in [0.15, 0.2) is 5.82 Å². The molecule has 0 fully saturated rings. The summed E-state index contributed by atoms with van der Waals surface area (Å²) in [6.07, 6.45) is 0. The summed E-state index contributed by atoms with van der Waals surface area (Å²) in [6, 6.07) is 129. The molecule has 0 radical (unpaired) electrons. The minimum atomic E-state index is -0.228. The van der Waals surface area contributed by atoms with Gasteiger partial charge in [-0.3, -0.25) is 0 Å². The van der Waals surface area contributed by atoms with Crippen molar-refractivity contribution in [2.75, 3.05) is 0 Å². The fourth-order valence-corrected chi connectivity index (χ4v) is 22.7. The van der Waals surface area contributed by atoms with Gasteiger partial charge in [-0.15, -0.1) is 0 Å². The van der Waals surface area contributed by atoms with Crippen molar-refractivity contribution < 1.29 is 13.3 Å². The van der Waals surface area contributed by atoms with Crippen LogP contribution in [-0.4, -0.2) is 29.9 Å². The number of para-hydroxylation sites is 5. The van der Waals surface area contributed by atoms with E-state index in [9.17, 15) is 0 Å². The fraction of sp³-hybridized carbons (Fsp3) is 0.143. The molecule has 27 rings (SSSR count). The van der Waals surface area contributed by atoms with Gasteiger partial charge in [0.05, 0.1) is 56.1 Å². The average molecular weight is 1740 g/mol. The Morgan fingerprint density at radius 1 is 0.193 bits per heavy atom. The van der Waals surface area contributed by atoms with Gasteiger partial charge in [-0.25, -0.2) is 29.9 Å². The molecule has 9 nitrogen and oxygen atoms in total. The summed E-state index contributed by atoms with van der Waals surface area (Å²) in [5, 5.41) is 15.1. The van der Waals surface area contributed by atoms with Crippen LogP contribution in [0.15, 0.2) is 377 Å². The SMILES string of the molecule is CC1(C)c2cc(-c3nc4ccccc4nc3-c3ccccc3)ccc2-c2ccc3c(oc4ccc5ccccc5c43)c2C1(C)C.CC1(C)c2ccc3ccccc3c2-c2ccc3oc4ccc(-c5nc6ccccc6nc5-c5ccccc5)cc4c3c2C1(C)C.CC1(C)c2ccccc2-c2cc3c(cc2C1(C)C)oc1c2ccccc2c(-c2nc(-c4ccccc4)c4ccccc4n2)cc31. The Balaban J connectivity index is 0.000000108. The van der Waals surface area contributed by atoms with E-state index in [0.717, 1.165) is 155 Å². The van der Waals surface area contributed by atoms with Gasteiger partial charge in [0, 0.05) is 92.9 Å². The van der Waals surface area contributed by atoms with Crippen LogP contribution in [0.2, 0.25) is 0 Å². The first-order valence-corrected chi connectivity index (χ1v) is 47.0. The van der Waals surface area contributed by atoms with Crippen LogP contribution in [0.5, 0.6) is 0 Å². The second-order valence-corrected chi connectivity index (χ2v) is 40.2. The standard InChI is InChI=1S/3C42H32N2O/c1-41(2)34-20-12-10-17-27(34)30-22-31-32-23-33(26-16-8-9-18-28(26)39(32)45-37(31)24-35(30)42(41,3)4)40-43-36-21-13-11-19-29(36)38(44-40)25-14-6-5-7-15-25;1-41(2)31-21-18-25-12-8-9-15-28(25)36(31)29-20-23-35-37(38(29)42(41,3)4)30-24-27(19-22-34(30)45-35)40-39(26-13-6-5-7-14-26)43-32-16-10-11-17-33(32)44-40;1-41(2)32-24-27(39-38(26-13-6-5-7-14-26)43-33-16-10-11-17-34(33)44-39)18-20-29(32)30-21-22-31-36-28-15-9-8-12-25(28)19-23-35(36)45-40(31)37(30)42(41,3)4/h3*5-24H,1-4H3. The third-order valence-corrected chi connectivity index (χ3v) is 31.8. The summed E-state index contributed by atoms with van der Waals surface area (Å²) in [5.41, 5.74) is 35.7. The van der Waals surface area contributed by atoms with E-state index < -0.39 is 0 Å². The molecule has 0 bridgehead atoms. The van der Waals surface area contributed by atoms with E-state index in [0.29, 0.717) is 5.82 Å². The number of nitrogens with zero attached hydrogens (tertiary/aromatic N) is 6. The van der Waals surface area contributed by atoms with Crippen molar-refractivity contribution in [2.45, 2.75) is 116 Å². The summed E-state index contributed by atoms with van der Waals surface area (Å²) in [6.45, 7) is 28.5. The van der Waals surface area contributed by atoms with Crippen LogP contribution in [0.25, 0.3) is 232 Å². The van der Waals surface area contributed by atoms with Gasteiger partial charge >= 0.3 is 0 Å². The van der Waals surface area contributed by atoms with Gasteiger partial charge in [0.2, 0.25) is 0 Å². The molecule has 9 heteroatoms. The topological polar surface area (TPSA) is 117 Å². The molecule has 135 heavy (non-hydrogen) atoms. The molecule has 6 aromatic heterocycles. The van der Waals surface area contributed by atoms with Crippen LogP contribution >= 0.6 is 0 Å². The Morgan fingerprint density at radius 2 is 0.637 bits per heavy atom. The highest BCUT2D eigenvalue weighted by molar-refractivity contribution is 6.22. The molecule has 24 aromatic rings. The van der Waals surface area contributed by atoms with Gasteiger partial charge < -0.3 is 13.3 Å². The zero-order chi connectivity index (χ0) is 91.5. The minimum absolute atomic E-state index is 0.0416. The zero-order valence-corrected chi connectivity index (χ0v) is 77.5. The van der Waals surface area contributed by atoms with Crippen LogP contribution in [0.1, 0.15) is 116 Å². The Kier molecular flexibility index (Phi) is 17.9. The van der Waals surface area contributed by atoms with Crippen LogP contribution in [0, 0.1) is 0 Å². The lowest BCUT2D eigenvalue weighted by Gasteiger charge is -2.49. The number of aromatic nitrogens is 6. The Bertz CT molecular complexity index is 9120. The van der Waals surface area contributed by atoms with Gasteiger partial charge in [0.25, 0.3) is 0 Å². The van der Waals surface area contributed by atoms with Gasteiger partial charge in [-0.1, -0.05) is 356 Å². The van der Waals surface area contributed by atoms with E-state index in [2.05, 4.69) is 374 Å². The molecule has 3 aliphatic carbocycles. The van der Waals surface area contributed by atoms with E-state index in [1.165, 1.54) is 104 Å². The number of hydrogen-bond acceptors (Lipinski definition) is 9. The molecule has 0 saturated heterocycles. The lowest BCUT2D eigenvalue weighted by molar-refractivity contribution is 0.299. The molecule has 648 valence electrons. The predicted octanol–water partition coefficient (Wildman–Crippen LogP) is 33.8. The summed E-state index contributed by atoms with van der Waals surface area (Å²) >= 11 is 0. The molecular formula is C126H96N6O3. The number of rotatable bonds is 6. The molecule has 0 saturated carbocycles. The van der Waals surface area contributed by atoms with Gasteiger partial charge in [-0.05, 0) is 201 Å². The molecule has 0 atom stereocenters. The van der Waals surface area contributed by atoms with Crippen LogP contribution < -0.4 is 0 Å². The number of hydrogen-bond donors (Lipinski definition) is 0. The second kappa shape index (κ2) is 29.8. The number of fused-ring (bicyclic) bond motifs is 29. The van der Waals surface area contributed by atoms with Crippen molar-refractivity contribution in [3.8, 4) is 101 Å². The minimum Gasteiger partial charge on any atom is -0.456 e. The van der Waals surface area contributed by atoms with E-state index in [1.54, 1.807) is 0 Å². The summed E-state index contributed by atoms with van der Waals surface area (Å²) in [5.74, 6) is 0.714. The van der Waals surface area contributed by atoms with E-state index in [4.69, 9.17) is 43.2 Å². The maximum Gasteiger partial charge on any atom is 0.161 e. The summed E-state index contributed by atoms with van der Waals surface area (Å²) in [7, 11) is 0. The first-order chi connectivity index (χ1) is 65.5. The number of benzene rings is 18. The van der Waals surface area contributed by atoms with Crippen molar-refractivity contribution in [1.82, 2.24) is 29.9 Å². The van der Waals surface area contributed by atoms with Crippen molar-refractivity contribution in [1.29, 1.82) is 0 Å². The maximum atomic E-state index is 6.79. The Labute approximate surface area is 783 Å². The lowest BCUT2D eigenvalue weighted by Crippen LogP contribution is -2.43. The molecule has 18 aromatic carbocycles. The van der Waals surface area contributed by atoms with Crippen molar-refractivity contribution in [3.05, 3.63) is 397 Å². The smallest absolute Gasteiger partial charge is 0.161 e. The van der Waals surface area contributed by atoms with E-state index >= 15 is 0 Å². The molecule has 0 unspecified atom stereocenters. The largest absolute Gasteiger partial charge is 0.456 e. The summed E-state index contributed by atoms with van der Waals surface area (Å²) in [4.78, 5) is 31.1. The maximum absolute atomic E-state index is 6.79. The highest BCUT2D eigenvalue weighted by Crippen LogP contribution is 2.62. The van der Waals surface area contributed by atoms with Gasteiger partial charge in [-0.2, -0.15) is 0 Å². The van der Waals surface area contributed by atoms with E-state index in [1.807, 2.05) is 72.8 Å². The number of furan rings is 3. The van der Waals surface area contributed by atoms with Gasteiger partial charge in [0.1, 0.15) is 33.5 Å². The molecule has 3 aliphatic rings. The normalized spacial score (nSPS) is 15.0. The first-order valence-electron chi connectivity index (χ1n) is 47.0. The predicted molar refractivity (Wildman–Crippen MR) is 560 cm³/mol. The zero-order valence-electron chi connectivity index (χ0n) is 77.5. The highest BCUT2D eigenvalue weighted by Gasteiger charge is 2.51. The molecular weight excluding hydrogens is 1650 g/mol. The van der Waals surface area contributed by atoms with Crippen LogP contribution in [0.4, 0.5) is 0 Å². The first kappa shape index (κ1) is 81.2. The van der Waals surface area contributed by atoms with Crippen molar-refractivity contribution >= 4 is 131 Å². The average Bonchev–Trinajstić information content (AvgIpc) is 1.67. The lowest BCUT2D eigenvalue weighted by atomic mass is 9.54. The monoisotopic (exact) mass is 1740 g/mol. The molecule has 6 heterocycles.